The first kappa shape index (κ1) is 16.8. The Bertz CT molecular complexity index is 980. The second-order valence-corrected chi connectivity index (χ2v) is 6.60. The summed E-state index contributed by atoms with van der Waals surface area (Å²) in [5, 5.41) is 24.7. The number of hydrogen-bond acceptors (Lipinski definition) is 6. The number of rotatable bonds is 3. The number of nitriles is 1. The van der Waals surface area contributed by atoms with Gasteiger partial charge in [0.2, 0.25) is 0 Å². The van der Waals surface area contributed by atoms with Crippen LogP contribution in [0.3, 0.4) is 0 Å². The van der Waals surface area contributed by atoms with Crippen LogP contribution >= 0.6 is 0 Å². The van der Waals surface area contributed by atoms with E-state index < -0.39 is 6.03 Å². The number of urea groups is 1. The Morgan fingerprint density at radius 1 is 1.33 bits per heavy atom. The molecule has 2 aromatic rings. The van der Waals surface area contributed by atoms with Crippen LogP contribution in [-0.2, 0) is 0 Å². The second-order valence-electron chi connectivity index (χ2n) is 6.60. The number of carbonyl (C=O) groups is 2. The zero-order valence-corrected chi connectivity index (χ0v) is 14.4. The highest BCUT2D eigenvalue weighted by Crippen LogP contribution is 2.57. The number of pyridine rings is 1. The van der Waals surface area contributed by atoms with Crippen LogP contribution in [0, 0.1) is 17.2 Å². The molecule has 1 aromatic heterocycles. The van der Waals surface area contributed by atoms with Gasteiger partial charge in [-0.15, -0.1) is 0 Å². The van der Waals surface area contributed by atoms with Crippen LogP contribution in [0.1, 0.15) is 34.3 Å². The van der Waals surface area contributed by atoms with Gasteiger partial charge in [-0.1, -0.05) is 0 Å². The molecule has 3 N–H and O–H groups in total. The van der Waals surface area contributed by atoms with Crippen molar-refractivity contribution in [3.05, 3.63) is 47.2 Å². The maximum Gasteiger partial charge on any atom is 0.320 e. The molecule has 0 saturated heterocycles. The topological polar surface area (TPSA) is 124 Å². The van der Waals surface area contributed by atoms with Crippen molar-refractivity contribution in [3.63, 3.8) is 0 Å². The van der Waals surface area contributed by atoms with Gasteiger partial charge in [0.1, 0.15) is 23.4 Å². The molecule has 1 aromatic carbocycles. The van der Waals surface area contributed by atoms with Gasteiger partial charge < -0.3 is 15.2 Å². The zero-order valence-electron chi connectivity index (χ0n) is 14.4. The number of fused-ring (bicyclic) bond motifs is 3. The summed E-state index contributed by atoms with van der Waals surface area (Å²) in [7, 11) is 0. The molecule has 0 bridgehead atoms. The number of aromatic hydroxyl groups is 1. The number of phenols is 1. The standard InChI is InChI=1S/C19H16N4O4/c1-9(24)11-3-4-13-16(18(11)25)15-12(8-27-13)17(15)23-19(26)22-14-5-2-10(6-20)7-21-14/h2-5,7,12,15,17,25H,8H2,1H3,(H2,21,22,23,26)/t12-,15-,17-/m1/s1. The summed E-state index contributed by atoms with van der Waals surface area (Å²) in [4.78, 5) is 27.9. The van der Waals surface area contributed by atoms with E-state index in [9.17, 15) is 14.7 Å². The quantitative estimate of drug-likeness (QED) is 0.717. The monoisotopic (exact) mass is 364 g/mol. The Morgan fingerprint density at radius 3 is 2.81 bits per heavy atom. The minimum atomic E-state index is -0.435. The number of carbonyl (C=O) groups excluding carboxylic acids is 2. The van der Waals surface area contributed by atoms with Crippen molar-refractivity contribution in [1.29, 1.82) is 5.26 Å². The maximum atomic E-state index is 12.2. The molecule has 1 fully saturated rings. The van der Waals surface area contributed by atoms with E-state index in [1.165, 1.54) is 13.1 Å². The van der Waals surface area contributed by atoms with Crippen molar-refractivity contribution >= 4 is 17.6 Å². The van der Waals surface area contributed by atoms with Gasteiger partial charge in [0.25, 0.3) is 0 Å². The molecular weight excluding hydrogens is 348 g/mol. The molecule has 8 nitrogen and oxygen atoms in total. The summed E-state index contributed by atoms with van der Waals surface area (Å²) in [6.07, 6.45) is 1.37. The molecule has 0 unspecified atom stereocenters. The van der Waals surface area contributed by atoms with Gasteiger partial charge in [0.05, 0.1) is 17.7 Å². The molecule has 1 saturated carbocycles. The van der Waals surface area contributed by atoms with E-state index in [0.717, 1.165) is 0 Å². The van der Waals surface area contributed by atoms with E-state index in [4.69, 9.17) is 10.00 Å². The SMILES string of the molecule is CC(=O)c1ccc2c(c1O)[C@H]1[C@@H](CO2)[C@H]1NC(=O)Nc1ccc(C#N)cn1. The van der Waals surface area contributed by atoms with Crippen LogP contribution in [0.5, 0.6) is 11.5 Å². The number of hydrogen-bond donors (Lipinski definition) is 3. The molecule has 2 aliphatic rings. The smallest absolute Gasteiger partial charge is 0.320 e. The number of nitrogens with zero attached hydrogens (tertiary/aromatic N) is 2. The Morgan fingerprint density at radius 2 is 2.15 bits per heavy atom. The third-order valence-corrected chi connectivity index (χ3v) is 4.92. The number of anilines is 1. The highest BCUT2D eigenvalue weighted by molar-refractivity contribution is 5.97. The fraction of sp³-hybridized carbons (Fsp3) is 0.263. The molecular formula is C19H16N4O4. The number of ether oxygens (including phenoxy) is 1. The summed E-state index contributed by atoms with van der Waals surface area (Å²) in [5.41, 5.74) is 1.22. The predicted molar refractivity (Wildman–Crippen MR) is 94.7 cm³/mol. The number of benzene rings is 1. The van der Waals surface area contributed by atoms with Crippen LogP contribution in [0.15, 0.2) is 30.5 Å². The number of ketones is 1. The van der Waals surface area contributed by atoms with E-state index in [1.54, 1.807) is 24.3 Å². The largest absolute Gasteiger partial charge is 0.507 e. The maximum absolute atomic E-state index is 12.2. The summed E-state index contributed by atoms with van der Waals surface area (Å²) >= 11 is 0. The Hall–Kier alpha value is -3.60. The normalized spacial score (nSPS) is 21.7. The van der Waals surface area contributed by atoms with Crippen molar-refractivity contribution in [3.8, 4) is 17.6 Å². The Labute approximate surface area is 154 Å². The Balaban J connectivity index is 1.48. The van der Waals surface area contributed by atoms with Gasteiger partial charge in [-0.05, 0) is 31.2 Å². The first-order valence-corrected chi connectivity index (χ1v) is 8.43. The number of phenolic OH excluding ortho intramolecular Hbond substituents is 1. The molecule has 4 rings (SSSR count). The molecule has 27 heavy (non-hydrogen) atoms. The summed E-state index contributed by atoms with van der Waals surface area (Å²) in [6.45, 7) is 1.82. The lowest BCUT2D eigenvalue weighted by Crippen LogP contribution is -2.32. The lowest BCUT2D eigenvalue weighted by atomic mass is 9.99. The van der Waals surface area contributed by atoms with Crippen molar-refractivity contribution < 1.29 is 19.4 Å². The molecule has 1 aliphatic carbocycles. The first-order chi connectivity index (χ1) is 13.0. The van der Waals surface area contributed by atoms with Gasteiger partial charge in [-0.25, -0.2) is 9.78 Å². The van der Waals surface area contributed by atoms with E-state index in [-0.39, 0.29) is 35.0 Å². The molecule has 2 amide bonds. The lowest BCUT2D eigenvalue weighted by Gasteiger charge is -2.18. The van der Waals surface area contributed by atoms with Crippen molar-refractivity contribution in [2.24, 2.45) is 5.92 Å². The molecule has 0 spiro atoms. The van der Waals surface area contributed by atoms with E-state index in [2.05, 4.69) is 15.6 Å². The van der Waals surface area contributed by atoms with Crippen LogP contribution < -0.4 is 15.4 Å². The molecule has 1 aliphatic heterocycles. The van der Waals surface area contributed by atoms with E-state index in [0.29, 0.717) is 29.3 Å². The average molecular weight is 364 g/mol. The summed E-state index contributed by atoms with van der Waals surface area (Å²) < 4.78 is 5.66. The van der Waals surface area contributed by atoms with Crippen LogP contribution in [0.25, 0.3) is 0 Å². The minimum Gasteiger partial charge on any atom is -0.507 e. The van der Waals surface area contributed by atoms with Gasteiger partial charge >= 0.3 is 6.03 Å². The van der Waals surface area contributed by atoms with Gasteiger partial charge in [-0.2, -0.15) is 5.26 Å². The number of aromatic nitrogens is 1. The van der Waals surface area contributed by atoms with E-state index in [1.807, 2.05) is 6.07 Å². The average Bonchev–Trinajstić information content (AvgIpc) is 3.34. The van der Waals surface area contributed by atoms with E-state index >= 15 is 0 Å². The van der Waals surface area contributed by atoms with Gasteiger partial charge in [0, 0.05) is 29.6 Å². The molecule has 136 valence electrons. The Kier molecular flexibility index (Phi) is 3.92. The predicted octanol–water partition coefficient (Wildman–Crippen LogP) is 2.16. The molecule has 2 heterocycles. The molecule has 0 radical (unpaired) electrons. The third kappa shape index (κ3) is 2.93. The number of Topliss-reactive ketones (excluding diaryl/α,β-unsaturated/α-hetero) is 1. The van der Waals surface area contributed by atoms with Crippen molar-refractivity contribution in [2.45, 2.75) is 18.9 Å². The lowest BCUT2D eigenvalue weighted by molar-refractivity contribution is 0.101. The van der Waals surface area contributed by atoms with Crippen LogP contribution in [0.4, 0.5) is 10.6 Å². The van der Waals surface area contributed by atoms with Crippen LogP contribution in [0.2, 0.25) is 0 Å². The minimum absolute atomic E-state index is 0.0327. The fourth-order valence-electron chi connectivity index (χ4n) is 3.52. The highest BCUT2D eigenvalue weighted by Gasteiger charge is 2.57. The zero-order chi connectivity index (χ0) is 19.1. The second kappa shape index (κ2) is 6.29. The fourth-order valence-corrected chi connectivity index (χ4v) is 3.52. The van der Waals surface area contributed by atoms with Gasteiger partial charge in [0.15, 0.2) is 5.78 Å². The highest BCUT2D eigenvalue weighted by atomic mass is 16.5. The summed E-state index contributed by atoms with van der Waals surface area (Å²) in [6, 6.07) is 7.64. The van der Waals surface area contributed by atoms with Crippen LogP contribution in [-0.4, -0.2) is 34.6 Å². The van der Waals surface area contributed by atoms with Crippen molar-refractivity contribution in [1.82, 2.24) is 10.3 Å². The van der Waals surface area contributed by atoms with Crippen molar-refractivity contribution in [2.75, 3.05) is 11.9 Å². The molecule has 8 heteroatoms. The number of nitrogens with one attached hydrogen (secondary N) is 2. The summed E-state index contributed by atoms with van der Waals surface area (Å²) in [5.74, 6) is 0.490. The first-order valence-electron chi connectivity index (χ1n) is 8.43. The van der Waals surface area contributed by atoms with Gasteiger partial charge in [-0.3, -0.25) is 10.1 Å². The third-order valence-electron chi connectivity index (χ3n) is 4.92. The molecule has 3 atom stereocenters. The number of amides is 2.